The van der Waals surface area contributed by atoms with Gasteiger partial charge in [-0.15, -0.1) is 0 Å². The quantitative estimate of drug-likeness (QED) is 0.175. The normalized spacial score (nSPS) is 22.4. The van der Waals surface area contributed by atoms with E-state index in [-0.39, 0.29) is 29.6 Å². The van der Waals surface area contributed by atoms with Gasteiger partial charge in [0.25, 0.3) is 0 Å². The van der Waals surface area contributed by atoms with Gasteiger partial charge in [-0.25, -0.2) is 0 Å². The maximum Gasteiger partial charge on any atom is 0.174 e. The predicted molar refractivity (Wildman–Crippen MR) is 135 cm³/mol. The molecule has 5 N–H and O–H groups in total. The summed E-state index contributed by atoms with van der Waals surface area (Å²) in [4.78, 5) is 22.5. The van der Waals surface area contributed by atoms with Crippen LogP contribution in [0.4, 0.5) is 0 Å². The number of phenols is 3. The maximum atomic E-state index is 11.6. The first-order valence-electron chi connectivity index (χ1n) is 11.4. The Hall–Kier alpha value is -3.68. The minimum atomic E-state index is -1.43. The Morgan fingerprint density at radius 2 is 1.51 bits per heavy atom. The summed E-state index contributed by atoms with van der Waals surface area (Å²) in [6.45, 7) is 2.08. The first-order chi connectivity index (χ1) is 16.7. The van der Waals surface area contributed by atoms with E-state index in [1.54, 1.807) is 54.6 Å². The second kappa shape index (κ2) is 13.9. The average molecular weight is 481 g/mol. The molecule has 0 saturated heterocycles. The number of Topliss-reactive ketones (excluding diaryl/α,β-unsaturated/α-hetero) is 1. The van der Waals surface area contributed by atoms with Crippen LogP contribution in [-0.4, -0.2) is 49.8 Å². The van der Waals surface area contributed by atoms with Gasteiger partial charge in [0.1, 0.15) is 29.6 Å². The van der Waals surface area contributed by atoms with Crippen LogP contribution in [0, 0.1) is 11.8 Å². The summed E-state index contributed by atoms with van der Waals surface area (Å²) < 4.78 is 0. The number of hydrogen-bond donors (Lipinski definition) is 5. The summed E-state index contributed by atoms with van der Waals surface area (Å²) in [5, 5.41) is 46.7. The van der Waals surface area contributed by atoms with E-state index in [1.807, 2.05) is 18.2 Å². The SMILES string of the molecule is CCCC=CC=CC1CC(O)C(O)C(=O)C1C=O.Oc1ccc(C=Cc2cc(O)cc(O)c2)cc1. The molecule has 1 fully saturated rings. The van der Waals surface area contributed by atoms with Crippen LogP contribution in [0.3, 0.4) is 0 Å². The molecule has 0 bridgehead atoms. The zero-order chi connectivity index (χ0) is 25.8. The number of phenolic OH excluding ortho intramolecular Hbond substituents is 3. The zero-order valence-electron chi connectivity index (χ0n) is 19.6. The molecule has 35 heavy (non-hydrogen) atoms. The molecular weight excluding hydrogens is 448 g/mol. The summed E-state index contributed by atoms with van der Waals surface area (Å²) in [5.41, 5.74) is 1.63. The number of aldehydes is 1. The predicted octanol–water partition coefficient (Wildman–Crippen LogP) is 4.00. The van der Waals surface area contributed by atoms with Gasteiger partial charge in [0.15, 0.2) is 5.78 Å². The number of benzene rings is 2. The van der Waals surface area contributed by atoms with Gasteiger partial charge >= 0.3 is 0 Å². The van der Waals surface area contributed by atoms with E-state index < -0.39 is 23.9 Å². The highest BCUT2D eigenvalue weighted by Crippen LogP contribution is 2.28. The van der Waals surface area contributed by atoms with Gasteiger partial charge in [-0.05, 0) is 54.2 Å². The fraction of sp³-hybridized carbons (Fsp3) is 0.286. The van der Waals surface area contributed by atoms with Crippen molar-refractivity contribution >= 4 is 24.2 Å². The third-order valence-electron chi connectivity index (χ3n) is 5.45. The Bertz CT molecular complexity index is 1030. The van der Waals surface area contributed by atoms with Crippen LogP contribution in [0.2, 0.25) is 0 Å². The number of ketones is 1. The molecule has 1 aliphatic rings. The van der Waals surface area contributed by atoms with Crippen molar-refractivity contribution in [2.24, 2.45) is 11.8 Å². The number of aliphatic hydroxyl groups excluding tert-OH is 2. The molecule has 1 saturated carbocycles. The van der Waals surface area contributed by atoms with Crippen LogP contribution in [-0.2, 0) is 9.59 Å². The molecule has 1 aliphatic carbocycles. The van der Waals surface area contributed by atoms with Crippen molar-refractivity contribution in [2.75, 3.05) is 0 Å². The molecule has 0 aliphatic heterocycles. The number of aliphatic hydroxyl groups is 2. The Morgan fingerprint density at radius 1 is 0.886 bits per heavy atom. The summed E-state index contributed by atoms with van der Waals surface area (Å²) >= 11 is 0. The minimum Gasteiger partial charge on any atom is -0.508 e. The van der Waals surface area contributed by atoms with Crippen LogP contribution in [0.5, 0.6) is 17.2 Å². The molecule has 2 aromatic rings. The van der Waals surface area contributed by atoms with Crippen molar-refractivity contribution < 1.29 is 35.1 Å². The van der Waals surface area contributed by atoms with Crippen LogP contribution in [0.1, 0.15) is 37.3 Å². The van der Waals surface area contributed by atoms with Gasteiger partial charge in [-0.3, -0.25) is 4.79 Å². The Morgan fingerprint density at radius 3 is 2.11 bits per heavy atom. The van der Waals surface area contributed by atoms with Gasteiger partial charge in [0.2, 0.25) is 0 Å². The van der Waals surface area contributed by atoms with Crippen molar-refractivity contribution in [2.45, 2.75) is 38.4 Å². The van der Waals surface area contributed by atoms with E-state index in [0.29, 0.717) is 11.8 Å². The molecule has 0 amide bonds. The van der Waals surface area contributed by atoms with Crippen LogP contribution >= 0.6 is 0 Å². The molecule has 4 atom stereocenters. The summed E-state index contributed by atoms with van der Waals surface area (Å²) in [6.07, 6.45) is 11.3. The molecule has 7 nitrogen and oxygen atoms in total. The molecule has 0 radical (unpaired) electrons. The lowest BCUT2D eigenvalue weighted by atomic mass is 9.76. The molecule has 0 heterocycles. The molecule has 0 aromatic heterocycles. The number of carbonyl (C=O) groups is 2. The van der Waals surface area contributed by atoms with Crippen molar-refractivity contribution in [3.63, 3.8) is 0 Å². The van der Waals surface area contributed by atoms with E-state index in [2.05, 4.69) is 6.92 Å². The number of aromatic hydroxyl groups is 3. The highest BCUT2D eigenvalue weighted by molar-refractivity contribution is 5.97. The van der Waals surface area contributed by atoms with Crippen LogP contribution in [0.25, 0.3) is 12.2 Å². The van der Waals surface area contributed by atoms with Gasteiger partial charge in [-0.1, -0.05) is 61.9 Å². The number of carbonyl (C=O) groups excluding carboxylic acids is 2. The molecule has 186 valence electrons. The van der Waals surface area contributed by atoms with Gasteiger partial charge < -0.3 is 30.3 Å². The van der Waals surface area contributed by atoms with E-state index >= 15 is 0 Å². The van der Waals surface area contributed by atoms with Crippen LogP contribution in [0.15, 0.2) is 66.8 Å². The highest BCUT2D eigenvalue weighted by Gasteiger charge is 2.41. The first kappa shape index (κ1) is 27.6. The largest absolute Gasteiger partial charge is 0.508 e. The highest BCUT2D eigenvalue weighted by atomic mass is 16.3. The van der Waals surface area contributed by atoms with Crippen molar-refractivity contribution in [3.8, 4) is 17.2 Å². The third-order valence-corrected chi connectivity index (χ3v) is 5.45. The second-order valence-electron chi connectivity index (χ2n) is 8.29. The number of unbranched alkanes of at least 4 members (excludes halogenated alkanes) is 1. The fourth-order valence-corrected chi connectivity index (χ4v) is 3.56. The summed E-state index contributed by atoms with van der Waals surface area (Å²) in [7, 11) is 0. The molecular formula is C28H32O7. The summed E-state index contributed by atoms with van der Waals surface area (Å²) in [5.74, 6) is -1.50. The first-order valence-corrected chi connectivity index (χ1v) is 11.4. The lowest BCUT2D eigenvalue weighted by Gasteiger charge is -2.31. The number of rotatable bonds is 7. The fourth-order valence-electron chi connectivity index (χ4n) is 3.56. The van der Waals surface area contributed by atoms with E-state index in [4.69, 9.17) is 5.11 Å². The topological polar surface area (TPSA) is 135 Å². The Balaban J connectivity index is 0.000000247. The standard InChI is InChI=1S/C14H20O4.C14H12O3/c1-2-3-4-5-6-7-10-8-12(16)14(18)13(17)11(10)9-15;15-12-5-3-10(4-6-12)1-2-11-7-13(16)9-14(17)8-11/h4-7,9-12,14,16,18H,2-3,8H2,1H3;1-9,15-17H. The van der Waals surface area contributed by atoms with Gasteiger partial charge in [-0.2, -0.15) is 0 Å². The maximum absolute atomic E-state index is 11.6. The molecule has 4 unspecified atom stereocenters. The second-order valence-corrected chi connectivity index (χ2v) is 8.29. The Labute approximate surface area is 205 Å². The van der Waals surface area contributed by atoms with Gasteiger partial charge in [0.05, 0.1) is 12.0 Å². The van der Waals surface area contributed by atoms with E-state index in [1.165, 1.54) is 6.07 Å². The molecule has 0 spiro atoms. The lowest BCUT2D eigenvalue weighted by Crippen LogP contribution is -2.47. The third kappa shape index (κ3) is 8.88. The number of hydrogen-bond acceptors (Lipinski definition) is 7. The monoisotopic (exact) mass is 480 g/mol. The molecule has 2 aromatic carbocycles. The lowest BCUT2D eigenvalue weighted by molar-refractivity contribution is -0.146. The molecule has 3 rings (SSSR count). The summed E-state index contributed by atoms with van der Waals surface area (Å²) in [6, 6.07) is 11.1. The zero-order valence-corrected chi connectivity index (χ0v) is 19.6. The van der Waals surface area contributed by atoms with Crippen LogP contribution < -0.4 is 0 Å². The minimum absolute atomic E-state index is 0.0235. The number of allylic oxidation sites excluding steroid dienone is 4. The van der Waals surface area contributed by atoms with Crippen molar-refractivity contribution in [3.05, 3.63) is 77.9 Å². The average Bonchev–Trinajstić information content (AvgIpc) is 2.82. The van der Waals surface area contributed by atoms with Crippen molar-refractivity contribution in [1.29, 1.82) is 0 Å². The Kier molecular flexibility index (Phi) is 10.9. The van der Waals surface area contributed by atoms with E-state index in [0.717, 1.165) is 18.4 Å². The molecule has 7 heteroatoms. The van der Waals surface area contributed by atoms with Crippen molar-refractivity contribution in [1.82, 2.24) is 0 Å². The van der Waals surface area contributed by atoms with Gasteiger partial charge in [0, 0.05) is 6.07 Å². The van der Waals surface area contributed by atoms with E-state index in [9.17, 15) is 30.0 Å². The smallest absolute Gasteiger partial charge is 0.174 e.